The number of fused-ring (bicyclic) bond motifs is 2. The first-order valence-electron chi connectivity index (χ1n) is 9.02. The fourth-order valence-corrected chi connectivity index (χ4v) is 4.04. The summed E-state index contributed by atoms with van der Waals surface area (Å²) in [4.78, 5) is 7.66. The third-order valence-electron chi connectivity index (χ3n) is 4.70. The van der Waals surface area contributed by atoms with Gasteiger partial charge in [0.1, 0.15) is 5.75 Å². The Kier molecular flexibility index (Phi) is 4.91. The standard InChI is InChI=1S/C21H11Cl3N6O/c1-25-12-7-11(22)8-13(9-12)31-19-15(23)4-5-17-18(19)20(24)29-30(17)10-16-14-3-2-6-26-21(14)28-27-16/h2-9H,10H2,(H,26,27,28). The van der Waals surface area contributed by atoms with Crippen molar-refractivity contribution in [2.45, 2.75) is 6.54 Å². The van der Waals surface area contributed by atoms with Crippen molar-refractivity contribution in [2.24, 2.45) is 0 Å². The first kappa shape index (κ1) is 19.6. The summed E-state index contributed by atoms with van der Waals surface area (Å²) in [5.41, 5.74) is 2.55. The number of H-pyrrole nitrogens is 1. The molecule has 0 aliphatic rings. The summed E-state index contributed by atoms with van der Waals surface area (Å²) < 4.78 is 7.74. The molecule has 2 aromatic carbocycles. The van der Waals surface area contributed by atoms with Gasteiger partial charge in [0, 0.05) is 16.6 Å². The van der Waals surface area contributed by atoms with Gasteiger partial charge in [0.25, 0.3) is 0 Å². The number of benzene rings is 2. The Hall–Kier alpha value is -3.31. The molecule has 3 aromatic heterocycles. The van der Waals surface area contributed by atoms with Crippen LogP contribution in [0.15, 0.2) is 48.7 Å². The van der Waals surface area contributed by atoms with Crippen LogP contribution in [0.5, 0.6) is 11.5 Å². The van der Waals surface area contributed by atoms with Crippen molar-refractivity contribution < 1.29 is 4.74 Å². The lowest BCUT2D eigenvalue weighted by molar-refractivity contribution is 0.489. The Labute approximate surface area is 190 Å². The summed E-state index contributed by atoms with van der Waals surface area (Å²) in [5.74, 6) is 0.711. The quantitative estimate of drug-likeness (QED) is 0.299. The number of nitrogens with one attached hydrogen (secondary N) is 1. The summed E-state index contributed by atoms with van der Waals surface area (Å²) in [6.07, 6.45) is 1.70. The summed E-state index contributed by atoms with van der Waals surface area (Å²) >= 11 is 19.0. The lowest BCUT2D eigenvalue weighted by Gasteiger charge is -2.10. The minimum Gasteiger partial charge on any atom is -0.456 e. The molecule has 0 saturated carbocycles. The molecule has 10 heteroatoms. The molecular formula is C21H11Cl3N6O. The smallest absolute Gasteiger partial charge is 0.192 e. The van der Waals surface area contributed by atoms with Gasteiger partial charge in [-0.15, -0.1) is 0 Å². The number of hydrogen-bond donors (Lipinski definition) is 1. The van der Waals surface area contributed by atoms with Gasteiger partial charge in [0.15, 0.2) is 22.2 Å². The van der Waals surface area contributed by atoms with E-state index in [1.165, 1.54) is 0 Å². The highest BCUT2D eigenvalue weighted by atomic mass is 35.5. The van der Waals surface area contributed by atoms with E-state index in [1.807, 2.05) is 18.2 Å². The van der Waals surface area contributed by atoms with E-state index in [2.05, 4.69) is 25.1 Å². The van der Waals surface area contributed by atoms with Crippen LogP contribution in [0, 0.1) is 6.57 Å². The Bertz CT molecular complexity index is 1500. The fourth-order valence-electron chi connectivity index (χ4n) is 3.35. The fraction of sp³-hybridized carbons (Fsp3) is 0.0476. The molecule has 0 spiro atoms. The second kappa shape index (κ2) is 7.75. The van der Waals surface area contributed by atoms with Crippen LogP contribution in [0.1, 0.15) is 5.69 Å². The van der Waals surface area contributed by atoms with Crippen molar-refractivity contribution in [3.63, 3.8) is 0 Å². The van der Waals surface area contributed by atoms with Crippen LogP contribution in [0.3, 0.4) is 0 Å². The highest BCUT2D eigenvalue weighted by Crippen LogP contribution is 2.41. The van der Waals surface area contributed by atoms with E-state index in [-0.39, 0.29) is 5.15 Å². The van der Waals surface area contributed by atoms with Crippen molar-refractivity contribution in [2.75, 3.05) is 0 Å². The van der Waals surface area contributed by atoms with E-state index >= 15 is 0 Å². The Balaban J connectivity index is 1.60. The maximum atomic E-state index is 7.22. The van der Waals surface area contributed by atoms with Crippen LogP contribution in [0.4, 0.5) is 5.69 Å². The molecule has 0 saturated heterocycles. The number of nitrogens with zero attached hydrogens (tertiary/aromatic N) is 5. The topological polar surface area (TPSA) is 73.0 Å². The van der Waals surface area contributed by atoms with E-state index in [0.29, 0.717) is 44.8 Å². The van der Waals surface area contributed by atoms with Gasteiger partial charge in [-0.2, -0.15) is 10.2 Å². The first-order chi connectivity index (χ1) is 15.0. The molecule has 3 heterocycles. The second-order valence-corrected chi connectivity index (χ2v) is 7.85. The molecule has 1 N–H and O–H groups in total. The zero-order valence-electron chi connectivity index (χ0n) is 15.6. The summed E-state index contributed by atoms with van der Waals surface area (Å²) in [6, 6.07) is 12.0. The van der Waals surface area contributed by atoms with Gasteiger partial charge in [-0.3, -0.25) is 9.78 Å². The molecule has 0 atom stereocenters. The average molecular weight is 470 g/mol. The molecule has 0 aliphatic heterocycles. The lowest BCUT2D eigenvalue weighted by atomic mass is 10.2. The summed E-state index contributed by atoms with van der Waals surface area (Å²) in [6.45, 7) is 7.59. The van der Waals surface area contributed by atoms with Crippen LogP contribution in [0.2, 0.25) is 15.2 Å². The minimum atomic E-state index is 0.234. The molecule has 0 aliphatic carbocycles. The number of pyridine rings is 1. The van der Waals surface area contributed by atoms with E-state index < -0.39 is 0 Å². The average Bonchev–Trinajstić information content (AvgIpc) is 3.31. The predicted molar refractivity (Wildman–Crippen MR) is 121 cm³/mol. The lowest BCUT2D eigenvalue weighted by Crippen LogP contribution is -2.02. The molecule has 0 unspecified atom stereocenters. The zero-order valence-corrected chi connectivity index (χ0v) is 17.9. The van der Waals surface area contributed by atoms with E-state index in [0.717, 1.165) is 16.6 Å². The Morgan fingerprint density at radius 3 is 2.84 bits per heavy atom. The van der Waals surface area contributed by atoms with Gasteiger partial charge in [0.05, 0.1) is 34.7 Å². The zero-order chi connectivity index (χ0) is 21.5. The van der Waals surface area contributed by atoms with Crippen molar-refractivity contribution in [1.29, 1.82) is 0 Å². The molecule has 31 heavy (non-hydrogen) atoms. The van der Waals surface area contributed by atoms with E-state index in [9.17, 15) is 0 Å². The van der Waals surface area contributed by atoms with Gasteiger partial charge < -0.3 is 4.74 Å². The number of aromatic amines is 1. The van der Waals surface area contributed by atoms with E-state index in [4.69, 9.17) is 46.1 Å². The van der Waals surface area contributed by atoms with Crippen LogP contribution in [-0.2, 0) is 6.54 Å². The van der Waals surface area contributed by atoms with Gasteiger partial charge >= 0.3 is 0 Å². The maximum Gasteiger partial charge on any atom is 0.192 e. The highest BCUT2D eigenvalue weighted by Gasteiger charge is 2.19. The monoisotopic (exact) mass is 468 g/mol. The number of hydrogen-bond acceptors (Lipinski definition) is 4. The SMILES string of the molecule is [C-]#[N+]c1cc(Cl)cc(Oc2c(Cl)ccc3c2c(Cl)nn3Cc2n[nH]c3ncccc23)c1. The third kappa shape index (κ3) is 3.55. The van der Waals surface area contributed by atoms with Crippen molar-refractivity contribution >= 4 is 62.4 Å². The molecule has 7 nitrogen and oxygen atoms in total. The Morgan fingerprint density at radius 1 is 1.13 bits per heavy atom. The van der Waals surface area contributed by atoms with Gasteiger partial charge in [-0.25, -0.2) is 9.83 Å². The van der Waals surface area contributed by atoms with Crippen LogP contribution < -0.4 is 4.74 Å². The second-order valence-electron chi connectivity index (χ2n) is 6.65. The summed E-state index contributed by atoms with van der Waals surface area (Å²) in [7, 11) is 0. The molecule has 5 aromatic rings. The highest BCUT2D eigenvalue weighted by molar-refractivity contribution is 6.37. The van der Waals surface area contributed by atoms with Gasteiger partial charge in [-0.05, 0) is 42.5 Å². The van der Waals surface area contributed by atoms with Crippen LogP contribution in [0.25, 0.3) is 26.8 Å². The molecule has 5 rings (SSSR count). The number of rotatable bonds is 4. The van der Waals surface area contributed by atoms with Crippen LogP contribution in [-0.4, -0.2) is 25.0 Å². The van der Waals surface area contributed by atoms with Gasteiger partial charge in [0.2, 0.25) is 0 Å². The molecule has 152 valence electrons. The van der Waals surface area contributed by atoms with Crippen molar-refractivity contribution in [3.05, 3.63) is 81.0 Å². The van der Waals surface area contributed by atoms with Gasteiger partial charge in [-0.1, -0.05) is 34.8 Å². The summed E-state index contributed by atoms with van der Waals surface area (Å²) in [5, 5.41) is 14.2. The molecular weight excluding hydrogens is 459 g/mol. The number of halogens is 3. The molecule has 0 amide bonds. The van der Waals surface area contributed by atoms with E-state index in [1.54, 1.807) is 35.1 Å². The predicted octanol–water partition coefficient (Wildman–Crippen LogP) is 6.66. The molecule has 0 radical (unpaired) electrons. The molecule has 0 bridgehead atoms. The number of aromatic nitrogens is 5. The van der Waals surface area contributed by atoms with Crippen molar-refractivity contribution in [1.82, 2.24) is 25.0 Å². The normalized spacial score (nSPS) is 11.2. The van der Waals surface area contributed by atoms with Crippen molar-refractivity contribution in [3.8, 4) is 11.5 Å². The minimum absolute atomic E-state index is 0.234. The maximum absolute atomic E-state index is 7.22. The Morgan fingerprint density at radius 2 is 2.00 bits per heavy atom. The number of ether oxygens (including phenoxy) is 1. The molecule has 0 fully saturated rings. The third-order valence-corrected chi connectivity index (χ3v) is 5.48. The van der Waals surface area contributed by atoms with Crippen LogP contribution >= 0.6 is 34.8 Å². The largest absolute Gasteiger partial charge is 0.456 e. The first-order valence-corrected chi connectivity index (χ1v) is 10.2.